The van der Waals surface area contributed by atoms with Gasteiger partial charge in [-0.2, -0.15) is 11.8 Å². The van der Waals surface area contributed by atoms with Crippen LogP contribution in [0.3, 0.4) is 0 Å². The lowest BCUT2D eigenvalue weighted by Gasteiger charge is -2.41. The Kier molecular flexibility index (Phi) is 3.14. The number of hydrogen-bond donors (Lipinski definition) is 1. The van der Waals surface area contributed by atoms with Gasteiger partial charge in [0, 0.05) is 12.5 Å². The summed E-state index contributed by atoms with van der Waals surface area (Å²) in [6.45, 7) is 2.18. The Balaban J connectivity index is 1.91. The summed E-state index contributed by atoms with van der Waals surface area (Å²) in [6, 6.07) is 7.13. The molecule has 2 saturated heterocycles. The standard InChI is InChI=1S/C14H18FNS/c15-12-3-1-11(2-4-12)13-9-16-7-5-14(13)6-8-17-10-14/h1-4,13,16H,5-10H2. The third kappa shape index (κ3) is 2.11. The van der Waals surface area contributed by atoms with E-state index in [9.17, 15) is 4.39 Å². The molecule has 0 saturated carbocycles. The number of piperidine rings is 1. The Hall–Kier alpha value is -0.540. The molecule has 1 spiro atoms. The van der Waals surface area contributed by atoms with Crippen LogP contribution in [0.4, 0.5) is 4.39 Å². The summed E-state index contributed by atoms with van der Waals surface area (Å²) in [5, 5.41) is 3.50. The highest BCUT2D eigenvalue weighted by Gasteiger charge is 2.43. The molecule has 92 valence electrons. The predicted octanol–water partition coefficient (Wildman–Crippen LogP) is 3.03. The smallest absolute Gasteiger partial charge is 0.123 e. The molecule has 0 radical (unpaired) electrons. The lowest BCUT2D eigenvalue weighted by Crippen LogP contribution is -2.43. The second-order valence-corrected chi connectivity index (χ2v) is 6.33. The van der Waals surface area contributed by atoms with E-state index in [4.69, 9.17) is 0 Å². The van der Waals surface area contributed by atoms with Gasteiger partial charge in [0.2, 0.25) is 0 Å². The van der Waals surface area contributed by atoms with Gasteiger partial charge in [0.15, 0.2) is 0 Å². The van der Waals surface area contributed by atoms with Gasteiger partial charge < -0.3 is 5.32 Å². The second-order valence-electron chi connectivity index (χ2n) is 5.22. The van der Waals surface area contributed by atoms with E-state index >= 15 is 0 Å². The van der Waals surface area contributed by atoms with Crippen molar-refractivity contribution in [2.24, 2.45) is 5.41 Å². The molecule has 3 heteroatoms. The molecule has 2 unspecified atom stereocenters. The zero-order chi connectivity index (χ0) is 11.7. The molecule has 0 amide bonds. The van der Waals surface area contributed by atoms with Gasteiger partial charge in [-0.3, -0.25) is 0 Å². The van der Waals surface area contributed by atoms with Crippen LogP contribution in [0.2, 0.25) is 0 Å². The monoisotopic (exact) mass is 251 g/mol. The number of thioether (sulfide) groups is 1. The summed E-state index contributed by atoms with van der Waals surface area (Å²) in [5.74, 6) is 2.99. The summed E-state index contributed by atoms with van der Waals surface area (Å²) < 4.78 is 13.0. The van der Waals surface area contributed by atoms with Gasteiger partial charge in [-0.15, -0.1) is 0 Å². The van der Waals surface area contributed by atoms with Crippen molar-refractivity contribution in [2.75, 3.05) is 24.6 Å². The summed E-state index contributed by atoms with van der Waals surface area (Å²) in [5.41, 5.74) is 1.77. The van der Waals surface area contributed by atoms with Crippen LogP contribution >= 0.6 is 11.8 Å². The lowest BCUT2D eigenvalue weighted by atomic mass is 9.68. The van der Waals surface area contributed by atoms with Crippen molar-refractivity contribution >= 4 is 11.8 Å². The minimum atomic E-state index is -0.132. The highest BCUT2D eigenvalue weighted by atomic mass is 32.2. The first-order chi connectivity index (χ1) is 8.30. The fraction of sp³-hybridized carbons (Fsp3) is 0.571. The van der Waals surface area contributed by atoms with Crippen molar-refractivity contribution < 1.29 is 4.39 Å². The van der Waals surface area contributed by atoms with Crippen molar-refractivity contribution in [1.29, 1.82) is 0 Å². The lowest BCUT2D eigenvalue weighted by molar-refractivity contribution is 0.197. The number of halogens is 1. The Labute approximate surface area is 106 Å². The summed E-state index contributed by atoms with van der Waals surface area (Å²) in [4.78, 5) is 0. The molecule has 2 atom stereocenters. The highest BCUT2D eigenvalue weighted by molar-refractivity contribution is 7.99. The third-order valence-corrected chi connectivity index (χ3v) is 5.57. The molecule has 2 heterocycles. The van der Waals surface area contributed by atoms with Crippen molar-refractivity contribution in [3.63, 3.8) is 0 Å². The SMILES string of the molecule is Fc1ccc(C2CNCCC23CCSC3)cc1. The molecular weight excluding hydrogens is 233 g/mol. The average Bonchev–Trinajstić information content (AvgIpc) is 2.80. The number of nitrogens with one attached hydrogen (secondary N) is 1. The van der Waals surface area contributed by atoms with Crippen molar-refractivity contribution in [2.45, 2.75) is 18.8 Å². The molecule has 2 aliphatic rings. The number of rotatable bonds is 1. The average molecular weight is 251 g/mol. The van der Waals surface area contributed by atoms with E-state index in [1.807, 2.05) is 12.1 Å². The van der Waals surface area contributed by atoms with Crippen molar-refractivity contribution in [3.8, 4) is 0 Å². The van der Waals surface area contributed by atoms with Crippen molar-refractivity contribution in [3.05, 3.63) is 35.6 Å². The molecule has 1 nitrogen and oxygen atoms in total. The van der Waals surface area contributed by atoms with Crippen LogP contribution in [0.5, 0.6) is 0 Å². The first kappa shape index (κ1) is 11.5. The molecule has 3 rings (SSSR count). The Morgan fingerprint density at radius 1 is 1.24 bits per heavy atom. The number of hydrogen-bond acceptors (Lipinski definition) is 2. The minimum Gasteiger partial charge on any atom is -0.316 e. The van der Waals surface area contributed by atoms with Gasteiger partial charge >= 0.3 is 0 Å². The molecule has 0 aromatic heterocycles. The van der Waals surface area contributed by atoms with Crippen LogP contribution in [-0.2, 0) is 0 Å². The second kappa shape index (κ2) is 4.62. The van der Waals surface area contributed by atoms with Crippen LogP contribution in [0.15, 0.2) is 24.3 Å². The molecule has 17 heavy (non-hydrogen) atoms. The highest BCUT2D eigenvalue weighted by Crippen LogP contribution is 2.50. The number of benzene rings is 1. The van der Waals surface area contributed by atoms with Gasteiger partial charge in [0.1, 0.15) is 5.82 Å². The van der Waals surface area contributed by atoms with E-state index in [1.54, 1.807) is 12.1 Å². The summed E-state index contributed by atoms with van der Waals surface area (Å²) >= 11 is 2.08. The van der Waals surface area contributed by atoms with Crippen LogP contribution in [-0.4, -0.2) is 24.6 Å². The predicted molar refractivity (Wildman–Crippen MR) is 71.0 cm³/mol. The van der Waals surface area contributed by atoms with Crippen LogP contribution in [0.25, 0.3) is 0 Å². The zero-order valence-corrected chi connectivity index (χ0v) is 10.7. The molecular formula is C14H18FNS. The summed E-state index contributed by atoms with van der Waals surface area (Å²) in [6.07, 6.45) is 2.59. The first-order valence-corrected chi connectivity index (χ1v) is 7.50. The first-order valence-electron chi connectivity index (χ1n) is 6.34. The largest absolute Gasteiger partial charge is 0.316 e. The van der Waals surface area contributed by atoms with E-state index in [2.05, 4.69) is 17.1 Å². The van der Waals surface area contributed by atoms with E-state index in [1.165, 1.54) is 29.9 Å². The van der Waals surface area contributed by atoms with E-state index in [-0.39, 0.29) is 5.82 Å². The molecule has 1 N–H and O–H groups in total. The van der Waals surface area contributed by atoms with Gasteiger partial charge in [0.25, 0.3) is 0 Å². The third-order valence-electron chi connectivity index (χ3n) is 4.29. The van der Waals surface area contributed by atoms with Crippen molar-refractivity contribution in [1.82, 2.24) is 5.32 Å². The molecule has 2 fully saturated rings. The normalized spacial score (nSPS) is 33.1. The fourth-order valence-electron chi connectivity index (χ4n) is 3.24. The zero-order valence-electron chi connectivity index (χ0n) is 9.92. The maximum Gasteiger partial charge on any atom is 0.123 e. The molecule has 1 aromatic rings. The molecule has 1 aromatic carbocycles. The fourth-order valence-corrected chi connectivity index (χ4v) is 4.83. The maximum atomic E-state index is 13.0. The molecule has 0 aliphatic carbocycles. The van der Waals surface area contributed by atoms with Gasteiger partial charge in [-0.25, -0.2) is 4.39 Å². The van der Waals surface area contributed by atoms with E-state index in [0.717, 1.165) is 13.1 Å². The van der Waals surface area contributed by atoms with Gasteiger partial charge in [-0.05, 0) is 54.0 Å². The van der Waals surface area contributed by atoms with E-state index in [0.29, 0.717) is 11.3 Å². The molecule has 2 aliphatic heterocycles. The quantitative estimate of drug-likeness (QED) is 0.823. The Bertz CT molecular complexity index is 384. The summed E-state index contributed by atoms with van der Waals surface area (Å²) in [7, 11) is 0. The van der Waals surface area contributed by atoms with Crippen LogP contribution in [0.1, 0.15) is 24.3 Å². The Morgan fingerprint density at radius 3 is 2.76 bits per heavy atom. The van der Waals surface area contributed by atoms with Crippen LogP contribution < -0.4 is 5.32 Å². The van der Waals surface area contributed by atoms with Gasteiger partial charge in [0.05, 0.1) is 0 Å². The topological polar surface area (TPSA) is 12.0 Å². The molecule has 0 bridgehead atoms. The maximum absolute atomic E-state index is 13.0. The van der Waals surface area contributed by atoms with Crippen LogP contribution in [0, 0.1) is 11.2 Å². The van der Waals surface area contributed by atoms with Gasteiger partial charge in [-0.1, -0.05) is 12.1 Å². The van der Waals surface area contributed by atoms with E-state index < -0.39 is 0 Å². The Morgan fingerprint density at radius 2 is 2.06 bits per heavy atom. The minimum absolute atomic E-state index is 0.132.